The van der Waals surface area contributed by atoms with E-state index < -0.39 is 11.6 Å². The quantitative estimate of drug-likeness (QED) is 0.917. The summed E-state index contributed by atoms with van der Waals surface area (Å²) in [6, 6.07) is 2.58. The third-order valence-corrected chi connectivity index (χ3v) is 5.23. The normalized spacial score (nSPS) is 16.9. The zero-order chi connectivity index (χ0) is 17.3. The molecule has 1 aliphatic heterocycles. The van der Waals surface area contributed by atoms with Crippen molar-refractivity contribution >= 4 is 32.6 Å². The van der Waals surface area contributed by atoms with Crippen molar-refractivity contribution in [3.63, 3.8) is 0 Å². The van der Waals surface area contributed by atoms with E-state index in [1.54, 1.807) is 0 Å². The number of nitrogens with zero attached hydrogens (tertiary/aromatic N) is 3. The topological polar surface area (TPSA) is 48.5 Å². The number of hydrogen-bond acceptors (Lipinski definition) is 5. The first kappa shape index (κ1) is 17.2. The van der Waals surface area contributed by atoms with Crippen LogP contribution < -0.4 is 5.32 Å². The van der Waals surface area contributed by atoms with Gasteiger partial charge in [-0.1, -0.05) is 11.3 Å². The minimum atomic E-state index is -0.715. The second-order valence-corrected chi connectivity index (χ2v) is 7.30. The van der Waals surface area contributed by atoms with Crippen LogP contribution in [0.25, 0.3) is 10.2 Å². The molecule has 1 aliphatic rings. The van der Waals surface area contributed by atoms with Crippen molar-refractivity contribution in [1.82, 2.24) is 14.8 Å². The third-order valence-electron chi connectivity index (χ3n) is 4.31. The molecule has 0 spiro atoms. The summed E-state index contributed by atoms with van der Waals surface area (Å²) in [5, 5.41) is 2.98. The molecule has 1 fully saturated rings. The van der Waals surface area contributed by atoms with Crippen molar-refractivity contribution in [2.45, 2.75) is 18.9 Å². The number of carbonyl (C=O) groups excluding carboxylic acids is 1. The molecular formula is C16H20F2N4OS. The number of hydrogen-bond donors (Lipinski definition) is 1. The minimum Gasteiger partial charge on any atom is -0.306 e. The molecule has 1 amide bonds. The molecule has 0 unspecified atom stereocenters. The van der Waals surface area contributed by atoms with Gasteiger partial charge in [0.2, 0.25) is 5.91 Å². The van der Waals surface area contributed by atoms with Crippen LogP contribution in [0.2, 0.25) is 0 Å². The molecule has 1 aromatic heterocycles. The van der Waals surface area contributed by atoms with Crippen LogP contribution in [0.1, 0.15) is 12.8 Å². The van der Waals surface area contributed by atoms with Crippen molar-refractivity contribution in [2.24, 2.45) is 0 Å². The highest BCUT2D eigenvalue weighted by Gasteiger charge is 2.22. The van der Waals surface area contributed by atoms with Gasteiger partial charge in [0.1, 0.15) is 11.3 Å². The Hall–Kier alpha value is -1.64. The molecule has 1 saturated heterocycles. The first-order chi connectivity index (χ1) is 11.4. The maximum absolute atomic E-state index is 13.7. The van der Waals surface area contributed by atoms with Gasteiger partial charge in [-0.15, -0.1) is 0 Å². The van der Waals surface area contributed by atoms with Crippen LogP contribution in [0.15, 0.2) is 12.1 Å². The van der Waals surface area contributed by atoms with Crippen molar-refractivity contribution in [2.75, 3.05) is 39.0 Å². The Morgan fingerprint density at radius 2 is 2.08 bits per heavy atom. The van der Waals surface area contributed by atoms with E-state index in [-0.39, 0.29) is 18.0 Å². The summed E-state index contributed by atoms with van der Waals surface area (Å²) >= 11 is 1.07. The molecule has 0 aliphatic carbocycles. The number of nitrogens with one attached hydrogen (secondary N) is 1. The number of likely N-dealkylation sites (tertiary alicyclic amines) is 1. The van der Waals surface area contributed by atoms with Crippen LogP contribution in [0.5, 0.6) is 0 Å². The van der Waals surface area contributed by atoms with E-state index in [9.17, 15) is 13.6 Å². The smallest absolute Gasteiger partial charge is 0.240 e. The van der Waals surface area contributed by atoms with Gasteiger partial charge in [-0.25, -0.2) is 13.8 Å². The van der Waals surface area contributed by atoms with Gasteiger partial charge in [0.15, 0.2) is 10.9 Å². The molecule has 0 saturated carbocycles. The van der Waals surface area contributed by atoms with Crippen LogP contribution in [-0.4, -0.2) is 60.5 Å². The second-order valence-electron chi connectivity index (χ2n) is 6.27. The molecule has 2 aromatic rings. The van der Waals surface area contributed by atoms with Crippen molar-refractivity contribution in [3.8, 4) is 0 Å². The average molecular weight is 354 g/mol. The number of thiazole rings is 1. The van der Waals surface area contributed by atoms with Crippen LogP contribution in [-0.2, 0) is 4.79 Å². The summed E-state index contributed by atoms with van der Waals surface area (Å²) in [5.41, 5.74) is 0.0866. The maximum atomic E-state index is 13.7. The largest absolute Gasteiger partial charge is 0.306 e. The molecule has 2 heterocycles. The fourth-order valence-corrected chi connectivity index (χ4v) is 3.89. The number of fused-ring (bicyclic) bond motifs is 1. The van der Waals surface area contributed by atoms with Crippen LogP contribution in [0, 0.1) is 11.6 Å². The summed E-state index contributed by atoms with van der Waals surface area (Å²) in [5.74, 6) is -1.55. The zero-order valence-corrected chi connectivity index (χ0v) is 14.5. The molecule has 130 valence electrons. The van der Waals surface area contributed by atoms with Gasteiger partial charge in [-0.05, 0) is 33.0 Å². The molecule has 0 radical (unpaired) electrons. The molecule has 0 bridgehead atoms. The summed E-state index contributed by atoms with van der Waals surface area (Å²) in [6.07, 6.45) is 2.07. The number of amides is 1. The van der Waals surface area contributed by atoms with Gasteiger partial charge in [0.25, 0.3) is 0 Å². The van der Waals surface area contributed by atoms with E-state index in [4.69, 9.17) is 0 Å². The Labute approximate surface area is 143 Å². The zero-order valence-electron chi connectivity index (χ0n) is 13.7. The van der Waals surface area contributed by atoms with Gasteiger partial charge in [0.05, 0.1) is 11.2 Å². The Kier molecular flexibility index (Phi) is 5.07. The summed E-state index contributed by atoms with van der Waals surface area (Å²) in [7, 11) is 4.14. The summed E-state index contributed by atoms with van der Waals surface area (Å²) in [4.78, 5) is 20.5. The van der Waals surface area contributed by atoms with Gasteiger partial charge in [-0.2, -0.15) is 0 Å². The number of benzene rings is 1. The number of anilines is 1. The third kappa shape index (κ3) is 3.88. The van der Waals surface area contributed by atoms with Gasteiger partial charge in [-0.3, -0.25) is 9.69 Å². The maximum Gasteiger partial charge on any atom is 0.240 e. The van der Waals surface area contributed by atoms with E-state index in [1.165, 1.54) is 6.07 Å². The molecule has 8 heteroatoms. The number of piperidine rings is 1. The fraction of sp³-hybridized carbons (Fsp3) is 0.500. The Balaban J connectivity index is 1.58. The van der Waals surface area contributed by atoms with Crippen LogP contribution in [0.4, 0.5) is 13.9 Å². The first-order valence-electron chi connectivity index (χ1n) is 7.86. The molecular weight excluding hydrogens is 334 g/mol. The van der Waals surface area contributed by atoms with E-state index in [0.717, 1.165) is 43.3 Å². The molecule has 0 atom stereocenters. The summed E-state index contributed by atoms with van der Waals surface area (Å²) < 4.78 is 27.2. The standard InChI is InChI=1S/C16H20F2N4OS/c1-21(2)11-3-5-22(6-4-11)9-14(23)19-16-20-15-12(18)7-10(17)8-13(15)24-16/h7-8,11H,3-6,9H2,1-2H3,(H,19,20,23). The van der Waals surface area contributed by atoms with Crippen molar-refractivity contribution in [3.05, 3.63) is 23.8 Å². The number of halogens is 2. The molecule has 5 nitrogen and oxygen atoms in total. The van der Waals surface area contributed by atoms with E-state index in [1.807, 2.05) is 0 Å². The number of carbonyl (C=O) groups is 1. The van der Waals surface area contributed by atoms with Crippen LogP contribution in [0.3, 0.4) is 0 Å². The number of rotatable bonds is 4. The lowest BCUT2D eigenvalue weighted by Crippen LogP contribution is -2.44. The van der Waals surface area contributed by atoms with Crippen molar-refractivity contribution < 1.29 is 13.6 Å². The Morgan fingerprint density at radius 3 is 2.75 bits per heavy atom. The lowest BCUT2D eigenvalue weighted by Gasteiger charge is -2.34. The van der Waals surface area contributed by atoms with Gasteiger partial charge in [0, 0.05) is 25.2 Å². The van der Waals surface area contributed by atoms with Crippen LogP contribution >= 0.6 is 11.3 Å². The molecule has 24 heavy (non-hydrogen) atoms. The predicted molar refractivity (Wildman–Crippen MR) is 91.3 cm³/mol. The van der Waals surface area contributed by atoms with Gasteiger partial charge >= 0.3 is 0 Å². The fourth-order valence-electron chi connectivity index (χ4n) is 2.97. The first-order valence-corrected chi connectivity index (χ1v) is 8.68. The van der Waals surface area contributed by atoms with E-state index in [2.05, 4.69) is 34.2 Å². The van der Waals surface area contributed by atoms with Crippen molar-refractivity contribution in [1.29, 1.82) is 0 Å². The highest BCUT2D eigenvalue weighted by atomic mass is 32.1. The lowest BCUT2D eigenvalue weighted by molar-refractivity contribution is -0.117. The SMILES string of the molecule is CN(C)C1CCN(CC(=O)Nc2nc3c(F)cc(F)cc3s2)CC1. The van der Waals surface area contributed by atoms with E-state index in [0.29, 0.717) is 15.9 Å². The average Bonchev–Trinajstić information content (AvgIpc) is 2.90. The Bertz CT molecular complexity index is 741. The number of aromatic nitrogens is 1. The molecule has 3 rings (SSSR count). The highest BCUT2D eigenvalue weighted by Crippen LogP contribution is 2.28. The summed E-state index contributed by atoms with van der Waals surface area (Å²) in [6.45, 7) is 2.03. The second kappa shape index (κ2) is 7.08. The predicted octanol–water partition coefficient (Wildman–Crippen LogP) is 2.54. The van der Waals surface area contributed by atoms with Gasteiger partial charge < -0.3 is 10.2 Å². The molecule has 1 aromatic carbocycles. The molecule has 1 N–H and O–H groups in total. The Morgan fingerprint density at radius 1 is 1.38 bits per heavy atom. The van der Waals surface area contributed by atoms with E-state index >= 15 is 0 Å². The highest BCUT2D eigenvalue weighted by molar-refractivity contribution is 7.22. The monoisotopic (exact) mass is 354 g/mol. The lowest BCUT2D eigenvalue weighted by atomic mass is 10.0. The minimum absolute atomic E-state index is 0.0866.